The minimum absolute atomic E-state index is 0.0130. The molecule has 2 aromatic rings. The van der Waals surface area contributed by atoms with Gasteiger partial charge in [0.05, 0.1) is 0 Å². The van der Waals surface area contributed by atoms with Crippen LogP contribution in [0.4, 0.5) is 5.69 Å². The number of ether oxygens (including phenoxy) is 1. The Morgan fingerprint density at radius 1 is 1.07 bits per heavy atom. The van der Waals surface area contributed by atoms with Crippen molar-refractivity contribution in [1.82, 2.24) is 10.2 Å². The zero-order valence-corrected chi connectivity index (χ0v) is 15.8. The van der Waals surface area contributed by atoms with E-state index in [4.69, 9.17) is 4.74 Å². The molecule has 2 aliphatic heterocycles. The molecule has 2 unspecified atom stereocenters. The number of nitrogens with zero attached hydrogens (tertiary/aromatic N) is 2. The van der Waals surface area contributed by atoms with Gasteiger partial charge in [0.15, 0.2) is 6.10 Å². The second kappa shape index (κ2) is 8.01. The van der Waals surface area contributed by atoms with Crippen molar-refractivity contribution in [3.63, 3.8) is 0 Å². The molecule has 142 valence electrons. The minimum atomic E-state index is -0.399. The highest BCUT2D eigenvalue weighted by molar-refractivity contribution is 5.82. The number of nitrogens with one attached hydrogen (secondary N) is 1. The van der Waals surface area contributed by atoms with E-state index in [1.165, 1.54) is 5.69 Å². The number of piperazine rings is 1. The quantitative estimate of drug-likeness (QED) is 0.883. The van der Waals surface area contributed by atoms with Crippen molar-refractivity contribution in [3.8, 4) is 5.75 Å². The zero-order chi connectivity index (χ0) is 18.6. The van der Waals surface area contributed by atoms with E-state index >= 15 is 0 Å². The molecule has 27 heavy (non-hydrogen) atoms. The smallest absolute Gasteiger partial charge is 0.261 e. The Labute approximate surface area is 160 Å². The first-order valence-electron chi connectivity index (χ1n) is 9.77. The summed E-state index contributed by atoms with van der Waals surface area (Å²) in [5.74, 6) is 0.823. The molecule has 0 aromatic heterocycles. The number of benzene rings is 2. The first-order valence-corrected chi connectivity index (χ1v) is 9.77. The standard InChI is InChI=1S/C22H27N3O2/c1-17(24-11-13-25(14-12-24)19-8-3-2-4-9-19)16-23-22(26)21-15-18-7-5-6-10-20(18)27-21/h2-10,17,21H,11-16H2,1H3,(H,23,26). The Morgan fingerprint density at radius 2 is 1.78 bits per heavy atom. The van der Waals surface area contributed by atoms with Crippen LogP contribution in [-0.4, -0.2) is 55.7 Å². The van der Waals surface area contributed by atoms with Crippen molar-refractivity contribution in [1.29, 1.82) is 0 Å². The van der Waals surface area contributed by atoms with Crippen molar-refractivity contribution >= 4 is 11.6 Å². The lowest BCUT2D eigenvalue weighted by Gasteiger charge is -2.39. The third-order valence-corrected chi connectivity index (χ3v) is 5.57. The monoisotopic (exact) mass is 365 g/mol. The van der Waals surface area contributed by atoms with E-state index in [1.54, 1.807) is 0 Å². The second-order valence-electron chi connectivity index (χ2n) is 7.37. The predicted octanol–water partition coefficient (Wildman–Crippen LogP) is 2.32. The van der Waals surface area contributed by atoms with Crippen LogP contribution in [0.25, 0.3) is 0 Å². The molecule has 2 atom stereocenters. The Balaban J connectivity index is 1.22. The summed E-state index contributed by atoms with van der Waals surface area (Å²) >= 11 is 0. The molecule has 1 saturated heterocycles. The lowest BCUT2D eigenvalue weighted by molar-refractivity contribution is -0.127. The number of fused-ring (bicyclic) bond motifs is 1. The molecular weight excluding hydrogens is 338 g/mol. The van der Waals surface area contributed by atoms with Crippen LogP contribution in [0.15, 0.2) is 54.6 Å². The van der Waals surface area contributed by atoms with E-state index in [9.17, 15) is 4.79 Å². The third kappa shape index (κ3) is 4.08. The van der Waals surface area contributed by atoms with Crippen LogP contribution in [0, 0.1) is 0 Å². The topological polar surface area (TPSA) is 44.8 Å². The van der Waals surface area contributed by atoms with Gasteiger partial charge in [0.25, 0.3) is 5.91 Å². The zero-order valence-electron chi connectivity index (χ0n) is 15.8. The number of anilines is 1. The number of carbonyl (C=O) groups is 1. The van der Waals surface area contributed by atoms with E-state index < -0.39 is 6.10 Å². The minimum Gasteiger partial charge on any atom is -0.480 e. The molecule has 0 bridgehead atoms. The van der Waals surface area contributed by atoms with Gasteiger partial charge in [-0.15, -0.1) is 0 Å². The summed E-state index contributed by atoms with van der Waals surface area (Å²) in [5.41, 5.74) is 2.40. The molecule has 2 aliphatic rings. The predicted molar refractivity (Wildman–Crippen MR) is 107 cm³/mol. The van der Waals surface area contributed by atoms with Crippen LogP contribution >= 0.6 is 0 Å². The van der Waals surface area contributed by atoms with Crippen LogP contribution in [0.5, 0.6) is 5.75 Å². The average Bonchev–Trinajstić information content (AvgIpc) is 3.17. The van der Waals surface area contributed by atoms with E-state index in [0.717, 1.165) is 37.5 Å². The summed E-state index contributed by atoms with van der Waals surface area (Å²) in [6.07, 6.45) is 0.260. The van der Waals surface area contributed by atoms with Crippen molar-refractivity contribution in [2.45, 2.75) is 25.5 Å². The number of para-hydroxylation sites is 2. The van der Waals surface area contributed by atoms with E-state index in [0.29, 0.717) is 19.0 Å². The number of amides is 1. The molecule has 5 heteroatoms. The summed E-state index contributed by atoms with van der Waals surface area (Å²) in [6, 6.07) is 18.8. The van der Waals surface area contributed by atoms with Crippen LogP contribution in [0.3, 0.4) is 0 Å². The molecule has 2 aromatic carbocycles. The fourth-order valence-electron chi connectivity index (χ4n) is 3.88. The fraction of sp³-hybridized carbons (Fsp3) is 0.409. The normalized spacial score (nSPS) is 20.6. The van der Waals surface area contributed by atoms with E-state index in [-0.39, 0.29) is 5.91 Å². The number of hydrogen-bond acceptors (Lipinski definition) is 4. The van der Waals surface area contributed by atoms with Gasteiger partial charge in [0, 0.05) is 50.9 Å². The Kier molecular flexibility index (Phi) is 5.30. The van der Waals surface area contributed by atoms with Gasteiger partial charge in [-0.2, -0.15) is 0 Å². The highest BCUT2D eigenvalue weighted by Gasteiger charge is 2.29. The molecule has 5 nitrogen and oxygen atoms in total. The summed E-state index contributed by atoms with van der Waals surface area (Å²) in [6.45, 7) is 6.89. The summed E-state index contributed by atoms with van der Waals surface area (Å²) in [7, 11) is 0. The highest BCUT2D eigenvalue weighted by atomic mass is 16.5. The molecule has 0 spiro atoms. The van der Waals surface area contributed by atoms with Gasteiger partial charge in [-0.05, 0) is 30.7 Å². The van der Waals surface area contributed by atoms with Crippen LogP contribution in [-0.2, 0) is 11.2 Å². The van der Waals surface area contributed by atoms with Crippen LogP contribution in [0.2, 0.25) is 0 Å². The Hall–Kier alpha value is -2.53. The van der Waals surface area contributed by atoms with Gasteiger partial charge in [-0.25, -0.2) is 0 Å². The molecule has 1 N–H and O–H groups in total. The first-order chi connectivity index (χ1) is 13.2. The Morgan fingerprint density at radius 3 is 2.52 bits per heavy atom. The van der Waals surface area contributed by atoms with Gasteiger partial charge < -0.3 is 15.0 Å². The molecule has 0 aliphatic carbocycles. The molecule has 4 rings (SSSR count). The van der Waals surface area contributed by atoms with Gasteiger partial charge in [0.1, 0.15) is 5.75 Å². The average molecular weight is 365 g/mol. The largest absolute Gasteiger partial charge is 0.480 e. The van der Waals surface area contributed by atoms with Crippen molar-refractivity contribution in [2.75, 3.05) is 37.6 Å². The summed E-state index contributed by atoms with van der Waals surface area (Å²) < 4.78 is 5.78. The van der Waals surface area contributed by atoms with Gasteiger partial charge in [-0.1, -0.05) is 36.4 Å². The van der Waals surface area contributed by atoms with E-state index in [1.807, 2.05) is 24.3 Å². The maximum absolute atomic E-state index is 12.5. The Bertz CT molecular complexity index is 747. The van der Waals surface area contributed by atoms with Gasteiger partial charge in [0.2, 0.25) is 0 Å². The number of rotatable bonds is 5. The van der Waals surface area contributed by atoms with Crippen molar-refractivity contribution < 1.29 is 9.53 Å². The molecule has 2 heterocycles. The van der Waals surface area contributed by atoms with E-state index in [2.05, 4.69) is 52.4 Å². The number of hydrogen-bond donors (Lipinski definition) is 1. The molecule has 0 radical (unpaired) electrons. The molecule has 0 saturated carbocycles. The van der Waals surface area contributed by atoms with Crippen LogP contribution < -0.4 is 15.0 Å². The SMILES string of the molecule is CC(CNC(=O)C1Cc2ccccc2O1)N1CCN(c2ccccc2)CC1. The van der Waals surface area contributed by atoms with Gasteiger partial charge in [-0.3, -0.25) is 9.69 Å². The number of carbonyl (C=O) groups excluding carboxylic acids is 1. The van der Waals surface area contributed by atoms with Gasteiger partial charge >= 0.3 is 0 Å². The second-order valence-corrected chi connectivity index (χ2v) is 7.37. The molecule has 1 fully saturated rings. The first kappa shape index (κ1) is 17.9. The molecular formula is C22H27N3O2. The lowest BCUT2D eigenvalue weighted by atomic mass is 10.1. The van der Waals surface area contributed by atoms with Crippen LogP contribution in [0.1, 0.15) is 12.5 Å². The summed E-state index contributed by atoms with van der Waals surface area (Å²) in [5, 5.41) is 3.08. The lowest BCUT2D eigenvalue weighted by Crippen LogP contribution is -2.53. The van der Waals surface area contributed by atoms with Crippen molar-refractivity contribution in [2.24, 2.45) is 0 Å². The maximum atomic E-state index is 12.5. The van der Waals surface area contributed by atoms with Crippen molar-refractivity contribution in [3.05, 3.63) is 60.2 Å². The summed E-state index contributed by atoms with van der Waals surface area (Å²) in [4.78, 5) is 17.3. The highest BCUT2D eigenvalue weighted by Crippen LogP contribution is 2.28. The maximum Gasteiger partial charge on any atom is 0.261 e. The fourth-order valence-corrected chi connectivity index (χ4v) is 3.88. The third-order valence-electron chi connectivity index (χ3n) is 5.57. The molecule has 1 amide bonds.